The molecule has 0 radical (unpaired) electrons. The average Bonchev–Trinajstić information content (AvgIpc) is 2.85. The molecule has 21 heavy (non-hydrogen) atoms. The highest BCUT2D eigenvalue weighted by Crippen LogP contribution is 2.25. The van der Waals surface area contributed by atoms with Gasteiger partial charge in [-0.05, 0) is 48.6 Å². The van der Waals surface area contributed by atoms with Crippen molar-refractivity contribution in [2.24, 2.45) is 0 Å². The summed E-state index contributed by atoms with van der Waals surface area (Å²) in [7, 11) is -2.61. The van der Waals surface area contributed by atoms with Crippen LogP contribution in [0.15, 0.2) is 34.5 Å². The van der Waals surface area contributed by atoms with E-state index in [9.17, 15) is 13.2 Å². The van der Waals surface area contributed by atoms with Crippen molar-refractivity contribution in [1.82, 2.24) is 0 Å². The predicted octanol–water partition coefficient (Wildman–Crippen LogP) is 2.95. The van der Waals surface area contributed by atoms with Gasteiger partial charge in [0.2, 0.25) is 0 Å². The topological polar surface area (TPSA) is 72.5 Å². The molecule has 0 fully saturated rings. The summed E-state index contributed by atoms with van der Waals surface area (Å²) in [6.45, 7) is 3.77. The molecule has 0 atom stereocenters. The Bertz CT molecular complexity index is 758. The molecule has 0 saturated heterocycles. The lowest BCUT2D eigenvalue weighted by molar-refractivity contribution is 0.0602. The summed E-state index contributed by atoms with van der Waals surface area (Å²) in [4.78, 5) is 11.6. The van der Waals surface area contributed by atoms with E-state index in [1.165, 1.54) is 13.2 Å². The molecule has 1 aromatic carbocycles. The summed E-state index contributed by atoms with van der Waals surface area (Å²) in [5, 5.41) is 1.54. The van der Waals surface area contributed by atoms with Gasteiger partial charge in [0.25, 0.3) is 10.0 Å². The van der Waals surface area contributed by atoms with Gasteiger partial charge in [-0.3, -0.25) is 4.72 Å². The molecule has 0 aliphatic rings. The van der Waals surface area contributed by atoms with Gasteiger partial charge >= 0.3 is 5.97 Å². The molecular formula is C14H15NO4S2. The molecule has 0 saturated carbocycles. The fraction of sp³-hybridized carbons (Fsp3) is 0.214. The van der Waals surface area contributed by atoms with Crippen molar-refractivity contribution in [2.45, 2.75) is 18.7 Å². The van der Waals surface area contributed by atoms with E-state index in [1.807, 2.05) is 19.9 Å². The van der Waals surface area contributed by atoms with Crippen LogP contribution in [-0.2, 0) is 14.8 Å². The SMILES string of the molecule is COC(=O)c1sccc1S(=O)(=O)Nc1cc(C)cc(C)c1. The van der Waals surface area contributed by atoms with Crippen LogP contribution >= 0.6 is 11.3 Å². The van der Waals surface area contributed by atoms with Crippen molar-refractivity contribution in [1.29, 1.82) is 0 Å². The third-order valence-electron chi connectivity index (χ3n) is 2.76. The van der Waals surface area contributed by atoms with E-state index in [2.05, 4.69) is 9.46 Å². The number of hydrogen-bond acceptors (Lipinski definition) is 5. The molecule has 2 rings (SSSR count). The second kappa shape index (κ2) is 5.87. The van der Waals surface area contributed by atoms with Crippen LogP contribution in [0.25, 0.3) is 0 Å². The Morgan fingerprint density at radius 2 is 1.81 bits per heavy atom. The van der Waals surface area contributed by atoms with Crippen molar-refractivity contribution >= 4 is 33.0 Å². The first kappa shape index (κ1) is 15.5. The smallest absolute Gasteiger partial charge is 0.349 e. The average molecular weight is 325 g/mol. The highest BCUT2D eigenvalue weighted by atomic mass is 32.2. The van der Waals surface area contributed by atoms with Gasteiger partial charge < -0.3 is 4.74 Å². The molecule has 1 aromatic heterocycles. The van der Waals surface area contributed by atoms with Crippen LogP contribution in [0.4, 0.5) is 5.69 Å². The summed E-state index contributed by atoms with van der Waals surface area (Å²) in [5.74, 6) is -0.661. The van der Waals surface area contributed by atoms with Crippen molar-refractivity contribution < 1.29 is 17.9 Å². The molecule has 0 spiro atoms. The molecule has 0 amide bonds. The van der Waals surface area contributed by atoms with Gasteiger partial charge in [-0.2, -0.15) is 0 Å². The molecule has 2 aromatic rings. The van der Waals surface area contributed by atoms with E-state index in [0.717, 1.165) is 22.5 Å². The quantitative estimate of drug-likeness (QED) is 0.877. The molecule has 0 bridgehead atoms. The second-order valence-electron chi connectivity index (χ2n) is 4.59. The number of carbonyl (C=O) groups excluding carboxylic acids is 1. The van der Waals surface area contributed by atoms with E-state index >= 15 is 0 Å². The lowest BCUT2D eigenvalue weighted by Crippen LogP contribution is -2.15. The maximum absolute atomic E-state index is 12.4. The first-order valence-corrected chi connectivity index (χ1v) is 8.46. The minimum Gasteiger partial charge on any atom is -0.465 e. The highest BCUT2D eigenvalue weighted by Gasteiger charge is 2.24. The number of methoxy groups -OCH3 is 1. The van der Waals surface area contributed by atoms with E-state index in [1.54, 1.807) is 17.5 Å². The van der Waals surface area contributed by atoms with E-state index in [0.29, 0.717) is 5.69 Å². The summed E-state index contributed by atoms with van der Waals surface area (Å²) in [6.07, 6.45) is 0. The number of thiophene rings is 1. The maximum atomic E-state index is 12.4. The van der Waals surface area contributed by atoms with Gasteiger partial charge in [-0.1, -0.05) is 6.07 Å². The Kier molecular flexibility index (Phi) is 4.34. The Labute approximate surface area is 127 Å². The van der Waals surface area contributed by atoms with Crippen LogP contribution in [0.2, 0.25) is 0 Å². The number of hydrogen-bond donors (Lipinski definition) is 1. The zero-order valence-electron chi connectivity index (χ0n) is 11.8. The Morgan fingerprint density at radius 1 is 1.19 bits per heavy atom. The number of rotatable bonds is 4. The number of sulfonamides is 1. The molecule has 5 nitrogen and oxygen atoms in total. The Balaban J connectivity index is 2.39. The first-order valence-electron chi connectivity index (χ1n) is 6.10. The molecule has 0 aliphatic carbocycles. The van der Waals surface area contributed by atoms with Crippen LogP contribution in [-0.4, -0.2) is 21.5 Å². The fourth-order valence-electron chi connectivity index (χ4n) is 1.99. The van der Waals surface area contributed by atoms with Gasteiger partial charge in [0.05, 0.1) is 7.11 Å². The number of aryl methyl sites for hydroxylation is 2. The number of ether oxygens (including phenoxy) is 1. The van der Waals surface area contributed by atoms with Crippen LogP contribution in [0, 0.1) is 13.8 Å². The molecule has 1 heterocycles. The van der Waals surface area contributed by atoms with E-state index < -0.39 is 16.0 Å². The summed E-state index contributed by atoms with van der Waals surface area (Å²) in [6, 6.07) is 6.80. The van der Waals surface area contributed by atoms with Crippen LogP contribution < -0.4 is 4.72 Å². The highest BCUT2D eigenvalue weighted by molar-refractivity contribution is 7.93. The summed E-state index contributed by atoms with van der Waals surface area (Å²) < 4.78 is 31.9. The summed E-state index contributed by atoms with van der Waals surface area (Å²) in [5.41, 5.74) is 2.37. The molecular weight excluding hydrogens is 310 g/mol. The molecule has 112 valence electrons. The minimum absolute atomic E-state index is 0.0642. The standard InChI is InChI=1S/C14H15NO4S2/c1-9-6-10(2)8-11(7-9)15-21(17,18)12-4-5-20-13(12)14(16)19-3/h4-8,15H,1-3H3. The maximum Gasteiger partial charge on any atom is 0.349 e. The lowest BCUT2D eigenvalue weighted by Gasteiger charge is -2.10. The van der Waals surface area contributed by atoms with Crippen LogP contribution in [0.5, 0.6) is 0 Å². The molecule has 1 N–H and O–H groups in total. The van der Waals surface area contributed by atoms with Crippen molar-refractivity contribution in [2.75, 3.05) is 11.8 Å². The van der Waals surface area contributed by atoms with Crippen molar-refractivity contribution in [3.63, 3.8) is 0 Å². The minimum atomic E-state index is -3.83. The van der Waals surface area contributed by atoms with Crippen molar-refractivity contribution in [3.05, 3.63) is 45.6 Å². The molecule has 7 heteroatoms. The zero-order chi connectivity index (χ0) is 15.6. The first-order chi connectivity index (χ1) is 9.83. The number of benzene rings is 1. The van der Waals surface area contributed by atoms with Crippen molar-refractivity contribution in [3.8, 4) is 0 Å². The fourth-order valence-corrected chi connectivity index (χ4v) is 4.37. The normalized spacial score (nSPS) is 11.2. The van der Waals surface area contributed by atoms with Crippen LogP contribution in [0.3, 0.4) is 0 Å². The number of nitrogens with one attached hydrogen (secondary N) is 1. The second-order valence-corrected chi connectivity index (χ2v) is 7.15. The third kappa shape index (κ3) is 3.43. The third-order valence-corrected chi connectivity index (χ3v) is 5.21. The predicted molar refractivity (Wildman–Crippen MR) is 82.4 cm³/mol. The molecule has 0 unspecified atom stereocenters. The Hall–Kier alpha value is -1.86. The number of anilines is 1. The summed E-state index contributed by atoms with van der Waals surface area (Å²) >= 11 is 1.03. The number of carbonyl (C=O) groups is 1. The van der Waals surface area contributed by atoms with E-state index in [-0.39, 0.29) is 9.77 Å². The van der Waals surface area contributed by atoms with Gasteiger partial charge in [0.15, 0.2) is 0 Å². The largest absolute Gasteiger partial charge is 0.465 e. The van der Waals surface area contributed by atoms with Gasteiger partial charge in [0, 0.05) is 5.69 Å². The Morgan fingerprint density at radius 3 is 2.38 bits per heavy atom. The van der Waals surface area contributed by atoms with E-state index in [4.69, 9.17) is 0 Å². The van der Waals surface area contributed by atoms with Gasteiger partial charge in [0.1, 0.15) is 9.77 Å². The van der Waals surface area contributed by atoms with Crippen LogP contribution in [0.1, 0.15) is 20.8 Å². The lowest BCUT2D eigenvalue weighted by atomic mass is 10.1. The number of esters is 1. The van der Waals surface area contributed by atoms with Gasteiger partial charge in [-0.15, -0.1) is 11.3 Å². The molecule has 0 aliphatic heterocycles. The monoisotopic (exact) mass is 325 g/mol. The zero-order valence-corrected chi connectivity index (χ0v) is 13.5. The van der Waals surface area contributed by atoms with Gasteiger partial charge in [-0.25, -0.2) is 13.2 Å².